The average Bonchev–Trinajstić information content (AvgIpc) is 3.46. The van der Waals surface area contributed by atoms with Crippen LogP contribution in [0.1, 0.15) is 41.8 Å². The molecule has 1 aliphatic rings. The number of fused-ring (bicyclic) bond motifs is 1. The molecule has 1 aliphatic heterocycles. The van der Waals surface area contributed by atoms with Crippen molar-refractivity contribution in [1.82, 2.24) is 34.7 Å². The van der Waals surface area contributed by atoms with Crippen LogP contribution in [0.4, 0.5) is 0 Å². The molecule has 0 aliphatic carbocycles. The highest BCUT2D eigenvalue weighted by Crippen LogP contribution is 2.22. The monoisotopic (exact) mass is 479 g/mol. The normalized spacial score (nSPS) is 14.9. The van der Waals surface area contributed by atoms with Crippen molar-refractivity contribution in [2.24, 2.45) is 0 Å². The summed E-state index contributed by atoms with van der Waals surface area (Å²) in [5.74, 6) is 1.10. The van der Waals surface area contributed by atoms with E-state index in [1.165, 1.54) is 0 Å². The summed E-state index contributed by atoms with van der Waals surface area (Å²) >= 11 is 5.95. The molecule has 1 saturated heterocycles. The number of benzene rings is 1. The van der Waals surface area contributed by atoms with Gasteiger partial charge in [-0.2, -0.15) is 10.1 Å². The Kier molecular flexibility index (Phi) is 6.05. The van der Waals surface area contributed by atoms with Crippen LogP contribution in [0.25, 0.3) is 22.4 Å². The van der Waals surface area contributed by atoms with Crippen molar-refractivity contribution in [3.63, 3.8) is 0 Å². The highest BCUT2D eigenvalue weighted by molar-refractivity contribution is 6.30. The summed E-state index contributed by atoms with van der Waals surface area (Å²) in [6.45, 7) is 9.26. The summed E-state index contributed by atoms with van der Waals surface area (Å²) in [5, 5.41) is 10.0. The average molecular weight is 480 g/mol. The molecule has 0 unspecified atom stereocenters. The van der Waals surface area contributed by atoms with Gasteiger partial charge < -0.3 is 9.42 Å². The Morgan fingerprint density at radius 1 is 1.12 bits per heavy atom. The molecule has 0 atom stereocenters. The summed E-state index contributed by atoms with van der Waals surface area (Å²) in [6, 6.07) is 9.45. The number of nitrogens with zero attached hydrogens (tertiary/aromatic N) is 7. The van der Waals surface area contributed by atoms with Gasteiger partial charge in [-0.05, 0) is 51.1 Å². The van der Waals surface area contributed by atoms with E-state index in [2.05, 4.69) is 39.0 Å². The van der Waals surface area contributed by atoms with Crippen LogP contribution in [-0.2, 0) is 6.54 Å². The number of aromatic nitrogens is 5. The number of aryl methyl sites for hydroxylation is 1. The lowest BCUT2D eigenvalue weighted by molar-refractivity contribution is 0.0614. The molecule has 1 fully saturated rings. The van der Waals surface area contributed by atoms with E-state index >= 15 is 0 Å². The lowest BCUT2D eigenvalue weighted by atomic mass is 10.1. The van der Waals surface area contributed by atoms with Gasteiger partial charge in [-0.3, -0.25) is 9.69 Å². The number of hydrogen-bond donors (Lipinski definition) is 0. The summed E-state index contributed by atoms with van der Waals surface area (Å²) < 4.78 is 7.32. The summed E-state index contributed by atoms with van der Waals surface area (Å²) in [6.07, 6.45) is 1.78. The first-order valence-electron chi connectivity index (χ1n) is 11.3. The lowest BCUT2D eigenvalue weighted by Crippen LogP contribution is -2.48. The Balaban J connectivity index is 1.22. The van der Waals surface area contributed by atoms with Crippen LogP contribution in [-0.4, -0.2) is 66.8 Å². The zero-order valence-corrected chi connectivity index (χ0v) is 20.2. The number of carbonyl (C=O) groups excluding carboxylic acids is 1. The van der Waals surface area contributed by atoms with Gasteiger partial charge in [-0.1, -0.05) is 16.8 Å². The first-order valence-corrected chi connectivity index (χ1v) is 11.7. The maximum Gasteiger partial charge on any atom is 0.255 e. The van der Waals surface area contributed by atoms with E-state index in [-0.39, 0.29) is 11.9 Å². The van der Waals surface area contributed by atoms with Crippen molar-refractivity contribution in [2.75, 3.05) is 26.2 Å². The van der Waals surface area contributed by atoms with Crippen LogP contribution in [0.5, 0.6) is 0 Å². The number of carbonyl (C=O) groups is 1. The molecule has 0 saturated carbocycles. The smallest absolute Gasteiger partial charge is 0.255 e. The van der Waals surface area contributed by atoms with E-state index < -0.39 is 0 Å². The van der Waals surface area contributed by atoms with Gasteiger partial charge in [-0.25, -0.2) is 9.67 Å². The van der Waals surface area contributed by atoms with Crippen molar-refractivity contribution >= 4 is 28.5 Å². The molecule has 34 heavy (non-hydrogen) atoms. The van der Waals surface area contributed by atoms with Gasteiger partial charge in [0.1, 0.15) is 0 Å². The molecule has 3 aromatic heterocycles. The van der Waals surface area contributed by atoms with E-state index in [0.29, 0.717) is 41.9 Å². The van der Waals surface area contributed by atoms with E-state index in [9.17, 15) is 4.79 Å². The van der Waals surface area contributed by atoms with Gasteiger partial charge >= 0.3 is 0 Å². The zero-order valence-electron chi connectivity index (χ0n) is 19.4. The first-order chi connectivity index (χ1) is 16.4. The largest absolute Gasteiger partial charge is 0.338 e. The predicted molar refractivity (Wildman–Crippen MR) is 129 cm³/mol. The molecule has 4 heterocycles. The second-order valence-corrected chi connectivity index (χ2v) is 9.24. The first kappa shape index (κ1) is 22.5. The van der Waals surface area contributed by atoms with Gasteiger partial charge in [0, 0.05) is 48.2 Å². The second kappa shape index (κ2) is 9.15. The minimum atomic E-state index is 0.00617. The third-order valence-corrected chi connectivity index (χ3v) is 6.32. The molecule has 0 N–H and O–H groups in total. The van der Waals surface area contributed by atoms with Crippen LogP contribution < -0.4 is 0 Å². The van der Waals surface area contributed by atoms with Crippen LogP contribution in [0, 0.1) is 6.92 Å². The lowest BCUT2D eigenvalue weighted by Gasteiger charge is -2.34. The topological polar surface area (TPSA) is 93.2 Å². The SMILES string of the molecule is Cc1nc2c(cnn2C(C)C)cc1C(=O)N1CCN(Cc2nc(-c3ccc(Cl)cc3)no2)CC1. The van der Waals surface area contributed by atoms with Crippen molar-refractivity contribution in [1.29, 1.82) is 0 Å². The highest BCUT2D eigenvalue weighted by Gasteiger charge is 2.25. The van der Waals surface area contributed by atoms with Gasteiger partial charge in [0.2, 0.25) is 11.7 Å². The number of rotatable bonds is 5. The Hall–Kier alpha value is -3.30. The number of amides is 1. The van der Waals surface area contributed by atoms with Crippen molar-refractivity contribution in [3.05, 3.63) is 58.7 Å². The number of hydrogen-bond acceptors (Lipinski definition) is 7. The van der Waals surface area contributed by atoms with Crippen LogP contribution in [0.15, 0.2) is 41.1 Å². The Morgan fingerprint density at radius 3 is 2.56 bits per heavy atom. The molecular weight excluding hydrogens is 454 g/mol. The predicted octanol–water partition coefficient (Wildman–Crippen LogP) is 3.98. The minimum Gasteiger partial charge on any atom is -0.338 e. The standard InChI is InChI=1S/C24H26ClN7O2/c1-15(2)32-23-18(13-26-32)12-20(16(3)27-23)24(33)31-10-8-30(9-11-31)14-21-28-22(29-34-21)17-4-6-19(25)7-5-17/h4-7,12-13,15H,8-11,14H2,1-3H3. The van der Waals surface area contributed by atoms with Gasteiger partial charge in [0.15, 0.2) is 5.65 Å². The van der Waals surface area contributed by atoms with E-state index in [1.807, 2.05) is 34.7 Å². The van der Waals surface area contributed by atoms with Crippen molar-refractivity contribution in [2.45, 2.75) is 33.4 Å². The summed E-state index contributed by atoms with van der Waals surface area (Å²) in [5.41, 5.74) is 3.03. The molecule has 9 nitrogen and oxygen atoms in total. The number of pyridine rings is 1. The van der Waals surface area contributed by atoms with Gasteiger partial charge in [-0.15, -0.1) is 0 Å². The number of piperazine rings is 1. The molecule has 1 amide bonds. The number of halogens is 1. The molecule has 0 radical (unpaired) electrons. The minimum absolute atomic E-state index is 0.00617. The van der Waals surface area contributed by atoms with Crippen molar-refractivity contribution < 1.29 is 9.32 Å². The van der Waals surface area contributed by atoms with E-state index in [4.69, 9.17) is 16.1 Å². The third kappa shape index (κ3) is 4.41. The summed E-state index contributed by atoms with van der Waals surface area (Å²) in [7, 11) is 0. The fourth-order valence-electron chi connectivity index (χ4n) is 4.17. The molecule has 4 aromatic rings. The molecule has 0 bridgehead atoms. The van der Waals surface area contributed by atoms with Crippen LogP contribution >= 0.6 is 11.6 Å². The quantitative estimate of drug-likeness (QED) is 0.427. The highest BCUT2D eigenvalue weighted by atomic mass is 35.5. The molecule has 176 valence electrons. The van der Waals surface area contributed by atoms with Gasteiger partial charge in [0.05, 0.1) is 24.0 Å². The maximum absolute atomic E-state index is 13.2. The second-order valence-electron chi connectivity index (χ2n) is 8.80. The Morgan fingerprint density at radius 2 is 1.85 bits per heavy atom. The van der Waals surface area contributed by atoms with Crippen LogP contribution in [0.2, 0.25) is 5.02 Å². The molecule has 10 heteroatoms. The molecule has 5 rings (SSSR count). The Labute approximate surface area is 202 Å². The fourth-order valence-corrected chi connectivity index (χ4v) is 4.29. The Bertz CT molecular complexity index is 1320. The molecular formula is C24H26ClN7O2. The van der Waals surface area contributed by atoms with Crippen molar-refractivity contribution in [3.8, 4) is 11.4 Å². The summed E-state index contributed by atoms with van der Waals surface area (Å²) in [4.78, 5) is 26.5. The van der Waals surface area contributed by atoms with Crippen LogP contribution in [0.3, 0.4) is 0 Å². The zero-order chi connectivity index (χ0) is 23.8. The molecule has 1 aromatic carbocycles. The fraction of sp³-hybridized carbons (Fsp3) is 0.375. The van der Waals surface area contributed by atoms with E-state index in [0.717, 1.165) is 35.4 Å². The third-order valence-electron chi connectivity index (χ3n) is 6.07. The van der Waals surface area contributed by atoms with Gasteiger partial charge in [0.25, 0.3) is 5.91 Å². The molecule has 0 spiro atoms. The maximum atomic E-state index is 13.2. The van der Waals surface area contributed by atoms with E-state index in [1.54, 1.807) is 18.3 Å².